The van der Waals surface area contributed by atoms with Crippen molar-refractivity contribution < 1.29 is 14.3 Å². The molecule has 0 heterocycles. The first-order valence-electron chi connectivity index (χ1n) is 6.77. The van der Waals surface area contributed by atoms with Gasteiger partial charge in [0.25, 0.3) is 5.91 Å². The van der Waals surface area contributed by atoms with Crippen LogP contribution in [-0.2, 0) is 6.54 Å². The van der Waals surface area contributed by atoms with E-state index in [4.69, 9.17) is 9.47 Å². The molecule has 0 radical (unpaired) electrons. The summed E-state index contributed by atoms with van der Waals surface area (Å²) in [6, 6.07) is 13.0. The third-order valence-corrected chi connectivity index (χ3v) is 4.01. The fourth-order valence-corrected chi connectivity index (χ4v) is 2.62. The monoisotopic (exact) mass is 363 g/mol. The van der Waals surface area contributed by atoms with Gasteiger partial charge in [-0.2, -0.15) is 0 Å². The second kappa shape index (κ2) is 7.31. The van der Waals surface area contributed by atoms with E-state index in [1.165, 1.54) is 0 Å². The minimum atomic E-state index is -0.0396. The van der Waals surface area contributed by atoms with E-state index in [9.17, 15) is 4.79 Å². The van der Waals surface area contributed by atoms with Gasteiger partial charge in [-0.25, -0.2) is 0 Å². The molecule has 0 bridgehead atoms. The van der Waals surface area contributed by atoms with Crippen molar-refractivity contribution in [3.8, 4) is 11.5 Å². The number of nitrogens with zero attached hydrogens (tertiary/aromatic N) is 1. The molecule has 116 valence electrons. The summed E-state index contributed by atoms with van der Waals surface area (Å²) in [7, 11) is 4.97. The van der Waals surface area contributed by atoms with Crippen LogP contribution in [0.15, 0.2) is 46.9 Å². The predicted molar refractivity (Wildman–Crippen MR) is 89.5 cm³/mol. The van der Waals surface area contributed by atoms with Crippen LogP contribution in [0, 0.1) is 0 Å². The maximum Gasteiger partial charge on any atom is 0.255 e. The molecular weight excluding hydrogens is 346 g/mol. The van der Waals surface area contributed by atoms with Crippen LogP contribution in [-0.4, -0.2) is 32.1 Å². The quantitative estimate of drug-likeness (QED) is 0.812. The van der Waals surface area contributed by atoms with Gasteiger partial charge in [0.2, 0.25) is 0 Å². The van der Waals surface area contributed by atoms with Crippen LogP contribution in [0.3, 0.4) is 0 Å². The van der Waals surface area contributed by atoms with Crippen molar-refractivity contribution in [3.05, 3.63) is 58.1 Å². The molecule has 2 aromatic carbocycles. The number of amides is 1. The van der Waals surface area contributed by atoms with E-state index in [-0.39, 0.29) is 5.91 Å². The first-order valence-corrected chi connectivity index (χ1v) is 7.57. The summed E-state index contributed by atoms with van der Waals surface area (Å²) in [6.45, 7) is 0.487. The third kappa shape index (κ3) is 3.60. The molecule has 4 nitrogen and oxygen atoms in total. The summed E-state index contributed by atoms with van der Waals surface area (Å²) in [4.78, 5) is 14.2. The summed E-state index contributed by atoms with van der Waals surface area (Å²) >= 11 is 3.41. The molecule has 0 saturated carbocycles. The first kappa shape index (κ1) is 16.4. The highest BCUT2D eigenvalue weighted by Gasteiger charge is 2.15. The Labute approximate surface area is 138 Å². The van der Waals surface area contributed by atoms with Gasteiger partial charge in [-0.15, -0.1) is 0 Å². The Kier molecular flexibility index (Phi) is 5.44. The van der Waals surface area contributed by atoms with Gasteiger partial charge in [-0.05, 0) is 45.8 Å². The summed E-state index contributed by atoms with van der Waals surface area (Å²) in [5.41, 5.74) is 1.62. The lowest BCUT2D eigenvalue weighted by Gasteiger charge is -2.19. The molecule has 0 spiro atoms. The SMILES string of the molecule is COc1ccc(CN(C)C(=O)c2ccccc2Br)cc1OC. The maximum atomic E-state index is 12.5. The van der Waals surface area contributed by atoms with Crippen molar-refractivity contribution in [1.29, 1.82) is 0 Å². The Balaban J connectivity index is 2.17. The highest BCUT2D eigenvalue weighted by atomic mass is 79.9. The topological polar surface area (TPSA) is 38.8 Å². The number of hydrogen-bond donors (Lipinski definition) is 0. The van der Waals surface area contributed by atoms with Crippen molar-refractivity contribution in [1.82, 2.24) is 4.90 Å². The van der Waals surface area contributed by atoms with Gasteiger partial charge in [-0.1, -0.05) is 18.2 Å². The Hall–Kier alpha value is -2.01. The summed E-state index contributed by atoms with van der Waals surface area (Å²) in [5, 5.41) is 0. The summed E-state index contributed by atoms with van der Waals surface area (Å²) in [6.07, 6.45) is 0. The lowest BCUT2D eigenvalue weighted by Crippen LogP contribution is -2.26. The molecule has 2 aromatic rings. The molecule has 0 fully saturated rings. The van der Waals surface area contributed by atoms with Gasteiger partial charge in [-0.3, -0.25) is 4.79 Å². The van der Waals surface area contributed by atoms with Crippen LogP contribution in [0.1, 0.15) is 15.9 Å². The van der Waals surface area contributed by atoms with Crippen LogP contribution >= 0.6 is 15.9 Å². The number of carbonyl (C=O) groups excluding carboxylic acids is 1. The van der Waals surface area contributed by atoms with Crippen molar-refractivity contribution in [2.45, 2.75) is 6.54 Å². The zero-order chi connectivity index (χ0) is 16.1. The van der Waals surface area contributed by atoms with Crippen molar-refractivity contribution in [3.63, 3.8) is 0 Å². The molecule has 2 rings (SSSR count). The second-order valence-corrected chi connectivity index (χ2v) is 5.68. The Bertz CT molecular complexity index is 673. The van der Waals surface area contributed by atoms with E-state index in [1.807, 2.05) is 36.4 Å². The smallest absolute Gasteiger partial charge is 0.255 e. The largest absolute Gasteiger partial charge is 0.493 e. The van der Waals surface area contributed by atoms with Crippen molar-refractivity contribution in [2.75, 3.05) is 21.3 Å². The number of benzene rings is 2. The minimum absolute atomic E-state index is 0.0396. The average molecular weight is 364 g/mol. The molecule has 0 aliphatic heterocycles. The van der Waals surface area contributed by atoms with E-state index >= 15 is 0 Å². The summed E-state index contributed by atoms with van der Waals surface area (Å²) < 4.78 is 11.3. The van der Waals surface area contributed by atoms with Gasteiger partial charge in [0, 0.05) is 18.1 Å². The molecule has 0 aromatic heterocycles. The highest BCUT2D eigenvalue weighted by molar-refractivity contribution is 9.10. The second-order valence-electron chi connectivity index (χ2n) is 4.83. The number of halogens is 1. The third-order valence-electron chi connectivity index (χ3n) is 3.32. The highest BCUT2D eigenvalue weighted by Crippen LogP contribution is 2.28. The molecule has 0 N–H and O–H groups in total. The zero-order valence-corrected chi connectivity index (χ0v) is 14.4. The molecule has 0 unspecified atom stereocenters. The molecule has 0 aliphatic carbocycles. The van der Waals surface area contributed by atoms with Gasteiger partial charge in [0.15, 0.2) is 11.5 Å². The van der Waals surface area contributed by atoms with E-state index < -0.39 is 0 Å². The van der Waals surface area contributed by atoms with Gasteiger partial charge >= 0.3 is 0 Å². The van der Waals surface area contributed by atoms with Gasteiger partial charge < -0.3 is 14.4 Å². The summed E-state index contributed by atoms with van der Waals surface area (Å²) in [5.74, 6) is 1.29. The Morgan fingerprint density at radius 1 is 1.09 bits per heavy atom. The molecular formula is C17H18BrNO3. The van der Waals surface area contributed by atoms with Crippen LogP contribution in [0.5, 0.6) is 11.5 Å². The van der Waals surface area contributed by atoms with E-state index in [0.29, 0.717) is 23.6 Å². The molecule has 22 heavy (non-hydrogen) atoms. The molecule has 5 heteroatoms. The molecule has 0 aliphatic rings. The van der Waals surface area contributed by atoms with Crippen LogP contribution in [0.2, 0.25) is 0 Å². The lowest BCUT2D eigenvalue weighted by molar-refractivity contribution is 0.0784. The maximum absolute atomic E-state index is 12.5. The average Bonchev–Trinajstić information content (AvgIpc) is 2.54. The van der Waals surface area contributed by atoms with E-state index in [2.05, 4.69) is 15.9 Å². The van der Waals surface area contributed by atoms with E-state index in [1.54, 1.807) is 32.2 Å². The Morgan fingerprint density at radius 3 is 2.41 bits per heavy atom. The van der Waals surface area contributed by atoms with Gasteiger partial charge in [0.05, 0.1) is 19.8 Å². The number of hydrogen-bond acceptors (Lipinski definition) is 3. The predicted octanol–water partition coefficient (Wildman–Crippen LogP) is 3.74. The van der Waals surface area contributed by atoms with Gasteiger partial charge in [0.1, 0.15) is 0 Å². The standard InChI is InChI=1S/C17H18BrNO3/c1-19(17(20)13-6-4-5-7-14(13)18)11-12-8-9-15(21-2)16(10-12)22-3/h4-10H,11H2,1-3H3. The molecule has 0 atom stereocenters. The number of rotatable bonds is 5. The molecule has 1 amide bonds. The normalized spacial score (nSPS) is 10.2. The Morgan fingerprint density at radius 2 is 1.77 bits per heavy atom. The fraction of sp³-hybridized carbons (Fsp3) is 0.235. The number of ether oxygens (including phenoxy) is 2. The zero-order valence-electron chi connectivity index (χ0n) is 12.8. The fourth-order valence-electron chi connectivity index (χ4n) is 2.16. The van der Waals surface area contributed by atoms with Crippen molar-refractivity contribution >= 4 is 21.8 Å². The minimum Gasteiger partial charge on any atom is -0.493 e. The van der Waals surface area contributed by atoms with Crippen molar-refractivity contribution in [2.24, 2.45) is 0 Å². The van der Waals surface area contributed by atoms with Crippen LogP contribution < -0.4 is 9.47 Å². The lowest BCUT2D eigenvalue weighted by atomic mass is 10.1. The van der Waals surface area contributed by atoms with Crippen LogP contribution in [0.25, 0.3) is 0 Å². The molecule has 0 saturated heterocycles. The number of carbonyl (C=O) groups is 1. The number of methoxy groups -OCH3 is 2. The van der Waals surface area contributed by atoms with E-state index in [0.717, 1.165) is 10.0 Å². The van der Waals surface area contributed by atoms with Crippen LogP contribution in [0.4, 0.5) is 0 Å². The first-order chi connectivity index (χ1) is 10.6.